The molecule has 0 spiro atoms. The first-order chi connectivity index (χ1) is 10.3. The number of aromatic nitrogens is 3. The van der Waals surface area contributed by atoms with Crippen LogP contribution < -0.4 is 5.73 Å². The highest BCUT2D eigenvalue weighted by atomic mass is 15.3. The number of rotatable bonds is 5. The van der Waals surface area contributed by atoms with Gasteiger partial charge < -0.3 is 10.3 Å². The molecule has 1 heterocycles. The highest BCUT2D eigenvalue weighted by Crippen LogP contribution is 2.32. The van der Waals surface area contributed by atoms with E-state index in [1.165, 1.54) is 31.2 Å². The zero-order valence-electron chi connectivity index (χ0n) is 12.7. The van der Waals surface area contributed by atoms with Crippen molar-refractivity contribution in [2.45, 2.75) is 57.5 Å². The van der Waals surface area contributed by atoms with Gasteiger partial charge in [-0.15, -0.1) is 10.2 Å². The SMILES string of the molecule is Cc1nnc(C(N)CCc2ccccc2)n1C1CCCC1. The van der Waals surface area contributed by atoms with Gasteiger partial charge in [0.25, 0.3) is 0 Å². The van der Waals surface area contributed by atoms with Crippen molar-refractivity contribution in [3.63, 3.8) is 0 Å². The first-order valence-corrected chi connectivity index (χ1v) is 7.96. The monoisotopic (exact) mass is 284 g/mol. The fraction of sp³-hybridized carbons (Fsp3) is 0.529. The van der Waals surface area contributed by atoms with Gasteiger partial charge in [0, 0.05) is 6.04 Å². The van der Waals surface area contributed by atoms with E-state index in [4.69, 9.17) is 5.73 Å². The van der Waals surface area contributed by atoms with E-state index in [2.05, 4.69) is 39.0 Å². The van der Waals surface area contributed by atoms with Crippen molar-refractivity contribution in [2.24, 2.45) is 5.73 Å². The smallest absolute Gasteiger partial charge is 0.150 e. The highest BCUT2D eigenvalue weighted by Gasteiger charge is 2.24. The van der Waals surface area contributed by atoms with E-state index in [-0.39, 0.29) is 6.04 Å². The molecular weight excluding hydrogens is 260 g/mol. The first kappa shape index (κ1) is 14.3. The van der Waals surface area contributed by atoms with Crippen LogP contribution in [0, 0.1) is 6.92 Å². The molecule has 1 atom stereocenters. The van der Waals surface area contributed by atoms with Crippen LogP contribution in [0.15, 0.2) is 30.3 Å². The minimum atomic E-state index is -0.0352. The molecule has 4 nitrogen and oxygen atoms in total. The summed E-state index contributed by atoms with van der Waals surface area (Å²) < 4.78 is 2.29. The van der Waals surface area contributed by atoms with Crippen molar-refractivity contribution >= 4 is 0 Å². The molecule has 1 aromatic carbocycles. The summed E-state index contributed by atoms with van der Waals surface area (Å²) in [6, 6.07) is 11.0. The van der Waals surface area contributed by atoms with Crippen LogP contribution in [0.2, 0.25) is 0 Å². The molecule has 21 heavy (non-hydrogen) atoms. The van der Waals surface area contributed by atoms with Gasteiger partial charge in [-0.2, -0.15) is 0 Å². The van der Waals surface area contributed by atoms with Crippen molar-refractivity contribution in [1.29, 1.82) is 0 Å². The number of hydrogen-bond donors (Lipinski definition) is 1. The summed E-state index contributed by atoms with van der Waals surface area (Å²) in [4.78, 5) is 0. The van der Waals surface area contributed by atoms with Gasteiger partial charge in [-0.1, -0.05) is 43.2 Å². The molecule has 0 bridgehead atoms. The first-order valence-electron chi connectivity index (χ1n) is 7.96. The van der Waals surface area contributed by atoms with Crippen molar-refractivity contribution in [1.82, 2.24) is 14.8 Å². The molecule has 3 rings (SSSR count). The van der Waals surface area contributed by atoms with Gasteiger partial charge in [0.2, 0.25) is 0 Å². The molecular formula is C17H24N4. The van der Waals surface area contributed by atoms with E-state index < -0.39 is 0 Å². The van der Waals surface area contributed by atoms with Gasteiger partial charge in [0.1, 0.15) is 11.6 Å². The highest BCUT2D eigenvalue weighted by molar-refractivity contribution is 5.15. The van der Waals surface area contributed by atoms with Crippen LogP contribution in [0.3, 0.4) is 0 Å². The van der Waals surface area contributed by atoms with Crippen LogP contribution in [0.25, 0.3) is 0 Å². The lowest BCUT2D eigenvalue weighted by Crippen LogP contribution is -2.20. The summed E-state index contributed by atoms with van der Waals surface area (Å²) in [5.74, 6) is 1.97. The fourth-order valence-electron chi connectivity index (χ4n) is 3.35. The summed E-state index contributed by atoms with van der Waals surface area (Å²) >= 11 is 0. The van der Waals surface area contributed by atoms with Crippen LogP contribution in [0.4, 0.5) is 0 Å². The van der Waals surface area contributed by atoms with Crippen LogP contribution in [-0.2, 0) is 6.42 Å². The predicted octanol–water partition coefficient (Wildman–Crippen LogP) is 3.33. The maximum Gasteiger partial charge on any atom is 0.150 e. The molecule has 1 unspecified atom stereocenters. The molecule has 1 saturated carbocycles. The van der Waals surface area contributed by atoms with E-state index >= 15 is 0 Å². The van der Waals surface area contributed by atoms with Crippen molar-refractivity contribution < 1.29 is 0 Å². The molecule has 0 amide bonds. The number of aryl methyl sites for hydroxylation is 2. The standard InChI is InChI=1S/C17H24N4/c1-13-19-20-17(21(13)15-9-5-6-10-15)16(18)12-11-14-7-3-2-4-8-14/h2-4,7-8,15-16H,5-6,9-12,18H2,1H3. The largest absolute Gasteiger partial charge is 0.321 e. The van der Waals surface area contributed by atoms with Gasteiger partial charge in [-0.25, -0.2) is 0 Å². The van der Waals surface area contributed by atoms with Gasteiger partial charge in [-0.05, 0) is 38.2 Å². The Labute approximate surface area is 126 Å². The quantitative estimate of drug-likeness (QED) is 0.916. The third kappa shape index (κ3) is 3.16. The number of nitrogens with zero attached hydrogens (tertiary/aromatic N) is 3. The molecule has 0 saturated heterocycles. The second-order valence-electron chi connectivity index (χ2n) is 6.04. The van der Waals surface area contributed by atoms with Gasteiger partial charge in [0.05, 0.1) is 6.04 Å². The van der Waals surface area contributed by atoms with E-state index in [1.54, 1.807) is 0 Å². The Kier molecular flexibility index (Phi) is 4.34. The predicted molar refractivity (Wildman–Crippen MR) is 84.0 cm³/mol. The normalized spacial score (nSPS) is 17.2. The van der Waals surface area contributed by atoms with E-state index in [0.29, 0.717) is 6.04 Å². The summed E-state index contributed by atoms with van der Waals surface area (Å²) in [6.45, 7) is 2.04. The molecule has 4 heteroatoms. The second kappa shape index (κ2) is 6.39. The summed E-state index contributed by atoms with van der Waals surface area (Å²) in [6.07, 6.45) is 6.98. The van der Waals surface area contributed by atoms with Gasteiger partial charge >= 0.3 is 0 Å². The molecule has 2 aromatic rings. The third-order valence-electron chi connectivity index (χ3n) is 4.50. The number of nitrogens with two attached hydrogens (primary N) is 1. The molecule has 1 fully saturated rings. The lowest BCUT2D eigenvalue weighted by Gasteiger charge is -2.19. The molecule has 0 aliphatic heterocycles. The lowest BCUT2D eigenvalue weighted by atomic mass is 10.0. The average Bonchev–Trinajstić information content (AvgIpc) is 3.15. The Morgan fingerprint density at radius 1 is 1.19 bits per heavy atom. The zero-order valence-corrected chi connectivity index (χ0v) is 12.7. The number of benzene rings is 1. The van der Waals surface area contributed by atoms with E-state index in [9.17, 15) is 0 Å². The van der Waals surface area contributed by atoms with Gasteiger partial charge in [0.15, 0.2) is 0 Å². The zero-order chi connectivity index (χ0) is 14.7. The minimum absolute atomic E-state index is 0.0352. The van der Waals surface area contributed by atoms with E-state index in [0.717, 1.165) is 24.5 Å². The molecule has 1 aliphatic carbocycles. The van der Waals surface area contributed by atoms with Crippen molar-refractivity contribution in [3.05, 3.63) is 47.5 Å². The van der Waals surface area contributed by atoms with Crippen LogP contribution in [0.1, 0.15) is 61.4 Å². The third-order valence-corrected chi connectivity index (χ3v) is 4.50. The Hall–Kier alpha value is -1.68. The summed E-state index contributed by atoms with van der Waals surface area (Å²) in [5.41, 5.74) is 7.73. The molecule has 2 N–H and O–H groups in total. The maximum atomic E-state index is 6.40. The molecule has 112 valence electrons. The van der Waals surface area contributed by atoms with Crippen LogP contribution >= 0.6 is 0 Å². The van der Waals surface area contributed by atoms with Crippen LogP contribution in [-0.4, -0.2) is 14.8 Å². The Morgan fingerprint density at radius 2 is 1.90 bits per heavy atom. The molecule has 0 radical (unpaired) electrons. The van der Waals surface area contributed by atoms with Crippen molar-refractivity contribution in [2.75, 3.05) is 0 Å². The Balaban J connectivity index is 1.71. The number of hydrogen-bond acceptors (Lipinski definition) is 3. The topological polar surface area (TPSA) is 56.7 Å². The van der Waals surface area contributed by atoms with Crippen molar-refractivity contribution in [3.8, 4) is 0 Å². The van der Waals surface area contributed by atoms with E-state index in [1.807, 2.05) is 13.0 Å². The Bertz CT molecular complexity index is 570. The molecule has 1 aromatic heterocycles. The van der Waals surface area contributed by atoms with Crippen LogP contribution in [0.5, 0.6) is 0 Å². The maximum absolute atomic E-state index is 6.40. The fourth-order valence-corrected chi connectivity index (χ4v) is 3.35. The summed E-state index contributed by atoms with van der Waals surface area (Å²) in [5, 5.41) is 8.63. The second-order valence-corrected chi connectivity index (χ2v) is 6.04. The minimum Gasteiger partial charge on any atom is -0.321 e. The molecule has 1 aliphatic rings. The lowest BCUT2D eigenvalue weighted by molar-refractivity contribution is 0.459. The average molecular weight is 284 g/mol. The van der Waals surface area contributed by atoms with Gasteiger partial charge in [-0.3, -0.25) is 0 Å². The summed E-state index contributed by atoms with van der Waals surface area (Å²) in [7, 11) is 0. The Morgan fingerprint density at radius 3 is 2.62 bits per heavy atom.